The molecule has 2 heterocycles. The summed E-state index contributed by atoms with van der Waals surface area (Å²) >= 11 is 1.68. The van der Waals surface area contributed by atoms with Crippen molar-refractivity contribution in [1.82, 2.24) is 9.97 Å². The maximum absolute atomic E-state index is 11.3. The first-order chi connectivity index (χ1) is 15.9. The number of anilines is 3. The van der Waals surface area contributed by atoms with Crippen LogP contribution in [0, 0.1) is 12.8 Å². The number of amides is 1. The number of carbonyl (C=O) groups is 1. The maximum atomic E-state index is 11.3. The van der Waals surface area contributed by atoms with Crippen LogP contribution >= 0.6 is 11.8 Å². The smallest absolute Gasteiger partial charge is 0.221 e. The first kappa shape index (κ1) is 22.8. The van der Waals surface area contributed by atoms with Crippen LogP contribution in [0.4, 0.5) is 17.1 Å². The number of pyridine rings is 2. The van der Waals surface area contributed by atoms with Crippen LogP contribution in [0.15, 0.2) is 76.7 Å². The summed E-state index contributed by atoms with van der Waals surface area (Å²) in [6.07, 6.45) is 2.74. The summed E-state index contributed by atoms with van der Waals surface area (Å²) in [5, 5.41) is 7.42. The highest BCUT2D eigenvalue weighted by molar-refractivity contribution is 7.99. The molecule has 0 aliphatic heterocycles. The van der Waals surface area contributed by atoms with Crippen molar-refractivity contribution < 1.29 is 4.79 Å². The predicted molar refractivity (Wildman–Crippen MR) is 137 cm³/mol. The van der Waals surface area contributed by atoms with Gasteiger partial charge in [0.2, 0.25) is 5.91 Å². The van der Waals surface area contributed by atoms with E-state index in [2.05, 4.69) is 66.7 Å². The van der Waals surface area contributed by atoms with E-state index in [1.807, 2.05) is 30.3 Å². The van der Waals surface area contributed by atoms with Gasteiger partial charge in [-0.3, -0.25) is 4.79 Å². The number of rotatable bonds is 7. The minimum absolute atomic E-state index is 0.0733. The van der Waals surface area contributed by atoms with Crippen LogP contribution < -0.4 is 10.6 Å². The van der Waals surface area contributed by atoms with Crippen molar-refractivity contribution >= 4 is 45.8 Å². The van der Waals surface area contributed by atoms with E-state index in [9.17, 15) is 4.79 Å². The van der Waals surface area contributed by atoms with Gasteiger partial charge in [-0.05, 0) is 79.4 Å². The Morgan fingerprint density at radius 2 is 1.79 bits per heavy atom. The minimum Gasteiger partial charge on any atom is -0.354 e. The van der Waals surface area contributed by atoms with Gasteiger partial charge in [0.15, 0.2) is 5.65 Å². The third-order valence-electron chi connectivity index (χ3n) is 5.09. The molecule has 0 aliphatic carbocycles. The van der Waals surface area contributed by atoms with Crippen LogP contribution in [0.1, 0.15) is 32.0 Å². The van der Waals surface area contributed by atoms with Crippen LogP contribution in [0.3, 0.4) is 0 Å². The minimum atomic E-state index is -0.0733. The largest absolute Gasteiger partial charge is 0.354 e. The van der Waals surface area contributed by atoms with E-state index in [0.29, 0.717) is 5.92 Å². The Labute approximate surface area is 199 Å². The van der Waals surface area contributed by atoms with E-state index >= 15 is 0 Å². The van der Waals surface area contributed by atoms with Gasteiger partial charge in [0.1, 0.15) is 0 Å². The molecule has 4 aromatic rings. The lowest BCUT2D eigenvalue weighted by atomic mass is 10.1. The zero-order chi connectivity index (χ0) is 23.4. The normalized spacial score (nSPS) is 11.1. The van der Waals surface area contributed by atoms with E-state index in [4.69, 9.17) is 4.98 Å². The summed E-state index contributed by atoms with van der Waals surface area (Å²) in [7, 11) is 0. The Hall–Kier alpha value is -3.38. The van der Waals surface area contributed by atoms with Crippen molar-refractivity contribution in [3.8, 4) is 0 Å². The SMILES string of the molecule is CC(=O)Nc1ccc(Sc2ccc(C)cc2Nc2ccnc3nc(CC(C)C)ccc23)cc1. The van der Waals surface area contributed by atoms with Crippen molar-refractivity contribution in [3.63, 3.8) is 0 Å². The average Bonchev–Trinajstić information content (AvgIpc) is 2.76. The highest BCUT2D eigenvalue weighted by Crippen LogP contribution is 2.37. The van der Waals surface area contributed by atoms with E-state index < -0.39 is 0 Å². The van der Waals surface area contributed by atoms with Crippen molar-refractivity contribution in [2.75, 3.05) is 10.6 Å². The molecule has 0 unspecified atom stereocenters. The van der Waals surface area contributed by atoms with Gasteiger partial charge in [-0.15, -0.1) is 0 Å². The summed E-state index contributed by atoms with van der Waals surface area (Å²) in [4.78, 5) is 22.7. The van der Waals surface area contributed by atoms with Crippen molar-refractivity contribution in [3.05, 3.63) is 78.1 Å². The van der Waals surface area contributed by atoms with Gasteiger partial charge in [-0.2, -0.15) is 0 Å². The lowest BCUT2D eigenvalue weighted by molar-refractivity contribution is -0.114. The molecule has 0 aliphatic rings. The molecule has 6 heteroatoms. The van der Waals surface area contributed by atoms with Crippen LogP contribution in [0.2, 0.25) is 0 Å². The van der Waals surface area contributed by atoms with Gasteiger partial charge in [0, 0.05) is 39.7 Å². The zero-order valence-electron chi connectivity index (χ0n) is 19.3. The van der Waals surface area contributed by atoms with Gasteiger partial charge < -0.3 is 10.6 Å². The topological polar surface area (TPSA) is 66.9 Å². The molecule has 4 rings (SSSR count). The second-order valence-corrected chi connectivity index (χ2v) is 9.68. The molecular weight excluding hydrogens is 428 g/mol. The molecule has 168 valence electrons. The third-order valence-corrected chi connectivity index (χ3v) is 6.17. The predicted octanol–water partition coefficient (Wildman–Crippen LogP) is 6.99. The molecule has 0 bridgehead atoms. The summed E-state index contributed by atoms with van der Waals surface area (Å²) < 4.78 is 0. The number of carbonyl (C=O) groups excluding carboxylic acids is 1. The number of aromatic nitrogens is 2. The Bertz CT molecular complexity index is 1290. The second-order valence-electron chi connectivity index (χ2n) is 8.56. The molecule has 2 aromatic heterocycles. The first-order valence-corrected chi connectivity index (χ1v) is 11.9. The van der Waals surface area contributed by atoms with E-state index in [1.54, 1.807) is 18.0 Å². The number of nitrogens with one attached hydrogen (secondary N) is 2. The molecule has 0 saturated carbocycles. The third kappa shape index (κ3) is 5.90. The quantitative estimate of drug-likeness (QED) is 0.314. The fourth-order valence-corrected chi connectivity index (χ4v) is 4.50. The number of hydrogen-bond donors (Lipinski definition) is 2. The summed E-state index contributed by atoms with van der Waals surface area (Å²) in [6, 6.07) is 20.5. The lowest BCUT2D eigenvalue weighted by Crippen LogP contribution is -2.05. The van der Waals surface area contributed by atoms with Gasteiger partial charge in [0.25, 0.3) is 0 Å². The Kier molecular flexibility index (Phi) is 6.94. The molecule has 2 aromatic carbocycles. The molecule has 33 heavy (non-hydrogen) atoms. The van der Waals surface area contributed by atoms with Crippen molar-refractivity contribution in [1.29, 1.82) is 0 Å². The van der Waals surface area contributed by atoms with Crippen LogP contribution in [0.5, 0.6) is 0 Å². The van der Waals surface area contributed by atoms with Gasteiger partial charge in [-0.1, -0.05) is 31.7 Å². The zero-order valence-corrected chi connectivity index (χ0v) is 20.2. The van der Waals surface area contributed by atoms with Crippen molar-refractivity contribution in [2.24, 2.45) is 5.92 Å². The number of nitrogens with zero attached hydrogens (tertiary/aromatic N) is 2. The fourth-order valence-electron chi connectivity index (χ4n) is 3.62. The molecule has 0 atom stereocenters. The molecular formula is C27H28N4OS. The molecule has 0 spiro atoms. The van der Waals surface area contributed by atoms with E-state index in [0.717, 1.165) is 50.0 Å². The molecule has 5 nitrogen and oxygen atoms in total. The standard InChI is InChI=1S/C27H28N4OS/c1-17(2)15-21-8-11-23-24(13-14-28-27(23)30-21)31-25-16-18(3)5-12-26(25)33-22-9-6-20(7-10-22)29-19(4)32/h5-14,16-17H,15H2,1-4H3,(H,29,32)(H,28,30,31). The van der Waals surface area contributed by atoms with Crippen molar-refractivity contribution in [2.45, 2.75) is 43.9 Å². The average molecular weight is 457 g/mol. The fraction of sp³-hybridized carbons (Fsp3) is 0.222. The number of fused-ring (bicyclic) bond motifs is 1. The molecule has 0 fully saturated rings. The monoisotopic (exact) mass is 456 g/mol. The molecule has 0 radical (unpaired) electrons. The van der Waals surface area contributed by atoms with Gasteiger partial charge in [-0.25, -0.2) is 9.97 Å². The van der Waals surface area contributed by atoms with Gasteiger partial charge in [0.05, 0.1) is 11.4 Å². The molecule has 0 saturated heterocycles. The number of hydrogen-bond acceptors (Lipinski definition) is 5. The van der Waals surface area contributed by atoms with E-state index in [1.165, 1.54) is 12.5 Å². The highest BCUT2D eigenvalue weighted by Gasteiger charge is 2.10. The number of benzene rings is 2. The molecule has 2 N–H and O–H groups in total. The Morgan fingerprint density at radius 3 is 2.52 bits per heavy atom. The van der Waals surface area contributed by atoms with Crippen LogP contribution in [-0.4, -0.2) is 15.9 Å². The van der Waals surface area contributed by atoms with E-state index in [-0.39, 0.29) is 5.91 Å². The maximum Gasteiger partial charge on any atom is 0.221 e. The Morgan fingerprint density at radius 1 is 1.00 bits per heavy atom. The first-order valence-electron chi connectivity index (χ1n) is 11.0. The summed E-state index contributed by atoms with van der Waals surface area (Å²) in [6.45, 7) is 7.99. The van der Waals surface area contributed by atoms with Gasteiger partial charge >= 0.3 is 0 Å². The summed E-state index contributed by atoms with van der Waals surface area (Å²) in [5.41, 5.74) is 5.81. The lowest BCUT2D eigenvalue weighted by Gasteiger charge is -2.15. The molecule has 1 amide bonds. The Balaban J connectivity index is 1.61. The highest BCUT2D eigenvalue weighted by atomic mass is 32.2. The van der Waals surface area contributed by atoms with Crippen LogP contribution in [0.25, 0.3) is 11.0 Å². The summed E-state index contributed by atoms with van der Waals surface area (Å²) in [5.74, 6) is 0.478. The number of aryl methyl sites for hydroxylation is 1. The van der Waals surface area contributed by atoms with Crippen LogP contribution in [-0.2, 0) is 11.2 Å². The second kappa shape index (κ2) is 10.0.